The van der Waals surface area contributed by atoms with Gasteiger partial charge in [0.2, 0.25) is 0 Å². The first-order valence-electron chi connectivity index (χ1n) is 5.59. The van der Waals surface area contributed by atoms with Gasteiger partial charge in [-0.1, -0.05) is 11.6 Å². The van der Waals surface area contributed by atoms with Crippen LogP contribution in [0.1, 0.15) is 29.0 Å². The molecule has 2 aromatic rings. The summed E-state index contributed by atoms with van der Waals surface area (Å²) in [7, 11) is 0. The van der Waals surface area contributed by atoms with Crippen molar-refractivity contribution in [2.24, 2.45) is 5.73 Å². The van der Waals surface area contributed by atoms with Crippen LogP contribution in [0.25, 0.3) is 0 Å². The van der Waals surface area contributed by atoms with Crippen LogP contribution < -0.4 is 10.5 Å². The maximum absolute atomic E-state index is 6.20. The molecule has 18 heavy (non-hydrogen) atoms. The van der Waals surface area contributed by atoms with Crippen molar-refractivity contribution in [3.05, 3.63) is 49.6 Å². The summed E-state index contributed by atoms with van der Waals surface area (Å²) >= 11 is 11.1. The lowest BCUT2D eigenvalue weighted by atomic mass is 9.97. The molecular weight excluding hydrogens is 334 g/mol. The topological polar surface area (TPSA) is 35.2 Å². The molecule has 0 spiro atoms. The Morgan fingerprint density at radius 1 is 1.39 bits per heavy atom. The normalized spacial score (nSPS) is 22.4. The van der Waals surface area contributed by atoms with Crippen molar-refractivity contribution in [3.8, 4) is 5.75 Å². The van der Waals surface area contributed by atoms with E-state index >= 15 is 0 Å². The number of nitrogens with two attached hydrogens (primary N) is 1. The Morgan fingerprint density at radius 2 is 2.22 bits per heavy atom. The molecule has 2 nitrogen and oxygen atoms in total. The smallest absolute Gasteiger partial charge is 0.135 e. The summed E-state index contributed by atoms with van der Waals surface area (Å²) in [6, 6.07) is 7.68. The van der Waals surface area contributed by atoms with E-state index in [-0.39, 0.29) is 12.1 Å². The standard InChI is InChI=1S/C13H11BrClNOS/c14-7-3-13(18-6-7)12-5-10(16)9-4-8(15)1-2-11(9)17-12/h1-4,6,10,12H,5,16H2. The number of rotatable bonds is 1. The Labute approximate surface area is 123 Å². The van der Waals surface area contributed by atoms with Crippen LogP contribution in [-0.4, -0.2) is 0 Å². The van der Waals surface area contributed by atoms with E-state index in [2.05, 4.69) is 27.4 Å². The number of hydrogen-bond donors (Lipinski definition) is 1. The number of benzene rings is 1. The third kappa shape index (κ3) is 2.30. The summed E-state index contributed by atoms with van der Waals surface area (Å²) in [5, 5.41) is 2.76. The number of hydrogen-bond acceptors (Lipinski definition) is 3. The van der Waals surface area contributed by atoms with E-state index < -0.39 is 0 Å². The van der Waals surface area contributed by atoms with Gasteiger partial charge >= 0.3 is 0 Å². The largest absolute Gasteiger partial charge is 0.484 e. The van der Waals surface area contributed by atoms with Gasteiger partial charge in [0, 0.05) is 37.8 Å². The van der Waals surface area contributed by atoms with Crippen molar-refractivity contribution < 1.29 is 4.74 Å². The van der Waals surface area contributed by atoms with Crippen LogP contribution in [0.4, 0.5) is 0 Å². The molecule has 1 aromatic heterocycles. The molecule has 1 aromatic carbocycles. The van der Waals surface area contributed by atoms with Crippen LogP contribution in [0.15, 0.2) is 34.1 Å². The lowest BCUT2D eigenvalue weighted by Gasteiger charge is -2.29. The van der Waals surface area contributed by atoms with Crippen molar-refractivity contribution in [3.63, 3.8) is 0 Å². The van der Waals surface area contributed by atoms with Gasteiger partial charge in [-0.3, -0.25) is 0 Å². The van der Waals surface area contributed by atoms with E-state index in [1.54, 1.807) is 11.3 Å². The second-order valence-electron chi connectivity index (χ2n) is 4.30. The molecule has 0 radical (unpaired) electrons. The Hall–Kier alpha value is -0.550. The highest BCUT2D eigenvalue weighted by Crippen LogP contribution is 2.42. The van der Waals surface area contributed by atoms with Gasteiger partial charge in [-0.25, -0.2) is 0 Å². The predicted octanol–water partition coefficient (Wildman–Crippen LogP) is 4.69. The Morgan fingerprint density at radius 3 is 2.94 bits per heavy atom. The first-order valence-corrected chi connectivity index (χ1v) is 7.64. The highest BCUT2D eigenvalue weighted by Gasteiger charge is 2.28. The summed E-state index contributed by atoms with van der Waals surface area (Å²) in [6.45, 7) is 0. The zero-order valence-corrected chi connectivity index (χ0v) is 12.6. The number of fused-ring (bicyclic) bond motifs is 1. The van der Waals surface area contributed by atoms with Gasteiger partial charge in [0.05, 0.1) is 0 Å². The summed E-state index contributed by atoms with van der Waals surface area (Å²) in [5.74, 6) is 0.840. The predicted molar refractivity (Wildman–Crippen MR) is 78.4 cm³/mol. The van der Waals surface area contributed by atoms with Gasteiger partial charge in [-0.2, -0.15) is 0 Å². The van der Waals surface area contributed by atoms with Gasteiger partial charge in [-0.15, -0.1) is 11.3 Å². The fraction of sp³-hybridized carbons (Fsp3) is 0.231. The van der Waals surface area contributed by atoms with Crippen LogP contribution in [0.2, 0.25) is 5.02 Å². The fourth-order valence-electron chi connectivity index (χ4n) is 2.15. The summed E-state index contributed by atoms with van der Waals surface area (Å²) in [6.07, 6.45) is 0.810. The zero-order chi connectivity index (χ0) is 12.7. The van der Waals surface area contributed by atoms with E-state index in [0.29, 0.717) is 5.02 Å². The van der Waals surface area contributed by atoms with Gasteiger partial charge < -0.3 is 10.5 Å². The van der Waals surface area contributed by atoms with E-state index in [1.807, 2.05) is 18.2 Å². The van der Waals surface area contributed by atoms with Crippen LogP contribution >= 0.6 is 38.9 Å². The average Bonchev–Trinajstić information content (AvgIpc) is 2.77. The van der Waals surface area contributed by atoms with Gasteiger partial charge in [0.25, 0.3) is 0 Å². The monoisotopic (exact) mass is 343 g/mol. The van der Waals surface area contributed by atoms with Crippen molar-refractivity contribution in [2.45, 2.75) is 18.6 Å². The highest BCUT2D eigenvalue weighted by molar-refractivity contribution is 9.10. The second-order valence-corrected chi connectivity index (χ2v) is 6.59. The molecule has 2 atom stereocenters. The maximum Gasteiger partial charge on any atom is 0.135 e. The maximum atomic E-state index is 6.20. The minimum Gasteiger partial charge on any atom is -0.484 e. The van der Waals surface area contributed by atoms with Gasteiger partial charge in [-0.05, 0) is 40.2 Å². The molecule has 0 aliphatic carbocycles. The van der Waals surface area contributed by atoms with Crippen LogP contribution in [0.5, 0.6) is 5.75 Å². The number of ether oxygens (including phenoxy) is 1. The first kappa shape index (κ1) is 12.5. The van der Waals surface area contributed by atoms with Crippen molar-refractivity contribution >= 4 is 38.9 Å². The number of thiophene rings is 1. The van der Waals surface area contributed by atoms with Crippen LogP contribution in [0.3, 0.4) is 0 Å². The molecule has 5 heteroatoms. The van der Waals surface area contributed by atoms with Gasteiger partial charge in [0.1, 0.15) is 11.9 Å². The highest BCUT2D eigenvalue weighted by atomic mass is 79.9. The lowest BCUT2D eigenvalue weighted by molar-refractivity contribution is 0.165. The van der Waals surface area contributed by atoms with E-state index in [0.717, 1.165) is 22.2 Å². The van der Waals surface area contributed by atoms with Crippen molar-refractivity contribution in [2.75, 3.05) is 0 Å². The molecule has 0 bridgehead atoms. The third-order valence-corrected chi connectivity index (χ3v) is 5.03. The summed E-state index contributed by atoms with van der Waals surface area (Å²) in [5.41, 5.74) is 7.20. The molecule has 1 aliphatic rings. The second kappa shape index (κ2) is 4.85. The minimum absolute atomic E-state index is 0.0293. The van der Waals surface area contributed by atoms with Crippen LogP contribution in [0, 0.1) is 0 Å². The fourth-order valence-corrected chi connectivity index (χ4v) is 3.81. The van der Waals surface area contributed by atoms with Gasteiger partial charge in [0.15, 0.2) is 0 Å². The molecule has 94 valence electrons. The van der Waals surface area contributed by atoms with Crippen molar-refractivity contribution in [1.29, 1.82) is 0 Å². The Kier molecular flexibility index (Phi) is 3.36. The van der Waals surface area contributed by atoms with E-state index in [9.17, 15) is 0 Å². The van der Waals surface area contributed by atoms with E-state index in [4.69, 9.17) is 22.1 Å². The van der Waals surface area contributed by atoms with Crippen molar-refractivity contribution in [1.82, 2.24) is 0 Å². The molecule has 2 unspecified atom stereocenters. The SMILES string of the molecule is NC1CC(c2cc(Br)cs2)Oc2ccc(Cl)cc21. The molecule has 2 N–H and O–H groups in total. The molecule has 0 amide bonds. The Balaban J connectivity index is 1.94. The molecule has 2 heterocycles. The molecular formula is C13H11BrClNOS. The lowest BCUT2D eigenvalue weighted by Crippen LogP contribution is -2.23. The molecule has 3 rings (SSSR count). The minimum atomic E-state index is -0.0293. The van der Waals surface area contributed by atoms with Crippen LogP contribution in [-0.2, 0) is 0 Å². The Bertz CT molecular complexity index is 586. The summed E-state index contributed by atoms with van der Waals surface area (Å²) in [4.78, 5) is 1.19. The number of halogens is 2. The molecule has 1 aliphatic heterocycles. The summed E-state index contributed by atoms with van der Waals surface area (Å²) < 4.78 is 7.09. The first-order chi connectivity index (χ1) is 8.63. The molecule has 0 fully saturated rings. The molecule has 0 saturated carbocycles. The van der Waals surface area contributed by atoms with E-state index in [1.165, 1.54) is 4.88 Å². The molecule has 0 saturated heterocycles. The quantitative estimate of drug-likeness (QED) is 0.814. The zero-order valence-electron chi connectivity index (χ0n) is 9.40. The average molecular weight is 345 g/mol. The third-order valence-electron chi connectivity index (χ3n) is 3.01.